The van der Waals surface area contributed by atoms with Gasteiger partial charge in [-0.15, -0.1) is 0 Å². The fourth-order valence-electron chi connectivity index (χ4n) is 1.98. The van der Waals surface area contributed by atoms with Gasteiger partial charge >= 0.3 is 0 Å². The van der Waals surface area contributed by atoms with Crippen LogP contribution in [-0.4, -0.2) is 11.9 Å². The fourth-order valence-corrected chi connectivity index (χ4v) is 2.11. The van der Waals surface area contributed by atoms with E-state index in [9.17, 15) is 4.79 Å². The lowest BCUT2D eigenvalue weighted by atomic mass is 10.2. The van der Waals surface area contributed by atoms with E-state index in [0.29, 0.717) is 16.5 Å². The highest BCUT2D eigenvalue weighted by Gasteiger charge is 2.24. The lowest BCUT2D eigenvalue weighted by Crippen LogP contribution is -2.26. The van der Waals surface area contributed by atoms with Crippen LogP contribution >= 0.6 is 11.6 Å². The quantitative estimate of drug-likeness (QED) is 0.690. The largest absolute Gasteiger partial charge is 0.457 e. The van der Waals surface area contributed by atoms with Gasteiger partial charge in [-0.3, -0.25) is 4.79 Å². The second kappa shape index (κ2) is 6.08. The molecule has 1 saturated carbocycles. The summed E-state index contributed by atoms with van der Waals surface area (Å²) in [6.45, 7) is 0. The topological polar surface area (TPSA) is 66.0 Å². The van der Waals surface area contributed by atoms with E-state index in [4.69, 9.17) is 21.3 Å². The van der Waals surface area contributed by atoms with Crippen LogP contribution in [0.25, 0.3) is 17.4 Å². The van der Waals surface area contributed by atoms with Crippen molar-refractivity contribution in [2.24, 2.45) is 0 Å². The van der Waals surface area contributed by atoms with Crippen molar-refractivity contribution < 1.29 is 9.21 Å². The molecule has 5 heteroatoms. The summed E-state index contributed by atoms with van der Waals surface area (Å²) in [5.74, 6) is 0.768. The Labute approximate surface area is 133 Å². The van der Waals surface area contributed by atoms with Gasteiger partial charge in [-0.2, -0.15) is 5.26 Å². The van der Waals surface area contributed by atoms with E-state index in [-0.39, 0.29) is 17.5 Å². The fraction of sp³-hybridized carbons (Fsp3) is 0.176. The average Bonchev–Trinajstić information content (AvgIpc) is 3.21. The van der Waals surface area contributed by atoms with Crippen molar-refractivity contribution in [1.29, 1.82) is 5.26 Å². The van der Waals surface area contributed by atoms with Crippen LogP contribution in [0.3, 0.4) is 0 Å². The van der Waals surface area contributed by atoms with E-state index in [1.807, 2.05) is 18.2 Å². The summed E-state index contributed by atoms with van der Waals surface area (Å²) < 4.78 is 5.66. The predicted molar refractivity (Wildman–Crippen MR) is 83.9 cm³/mol. The van der Waals surface area contributed by atoms with E-state index in [1.165, 1.54) is 6.08 Å². The third kappa shape index (κ3) is 3.38. The number of furan rings is 1. The molecule has 1 heterocycles. The van der Waals surface area contributed by atoms with Gasteiger partial charge in [0.05, 0.1) is 0 Å². The van der Waals surface area contributed by atoms with Gasteiger partial charge < -0.3 is 9.73 Å². The third-order valence-electron chi connectivity index (χ3n) is 3.32. The number of nitriles is 1. The highest BCUT2D eigenvalue weighted by atomic mass is 35.5. The number of halogens is 1. The number of benzene rings is 1. The number of nitrogens with one attached hydrogen (secondary N) is 1. The van der Waals surface area contributed by atoms with Gasteiger partial charge in [0, 0.05) is 22.7 Å². The molecular weight excluding hydrogens is 300 g/mol. The maximum Gasteiger partial charge on any atom is 0.262 e. The van der Waals surface area contributed by atoms with E-state index < -0.39 is 0 Å². The first-order valence-electron chi connectivity index (χ1n) is 6.94. The molecule has 1 aliphatic rings. The van der Waals surface area contributed by atoms with Crippen LogP contribution in [0.15, 0.2) is 46.4 Å². The zero-order chi connectivity index (χ0) is 15.5. The summed E-state index contributed by atoms with van der Waals surface area (Å²) in [6, 6.07) is 12.9. The van der Waals surface area contributed by atoms with E-state index in [2.05, 4.69) is 5.32 Å². The van der Waals surface area contributed by atoms with Crippen LogP contribution in [0.4, 0.5) is 0 Å². The number of carbonyl (C=O) groups is 1. The molecule has 4 nitrogen and oxygen atoms in total. The van der Waals surface area contributed by atoms with Crippen LogP contribution in [0, 0.1) is 11.3 Å². The summed E-state index contributed by atoms with van der Waals surface area (Å²) >= 11 is 5.85. The maximum absolute atomic E-state index is 11.9. The lowest BCUT2D eigenvalue weighted by Gasteiger charge is -2.00. The zero-order valence-electron chi connectivity index (χ0n) is 11.7. The zero-order valence-corrected chi connectivity index (χ0v) is 12.4. The van der Waals surface area contributed by atoms with Crippen molar-refractivity contribution in [3.63, 3.8) is 0 Å². The molecule has 0 aliphatic heterocycles. The highest BCUT2D eigenvalue weighted by molar-refractivity contribution is 6.30. The first-order chi connectivity index (χ1) is 10.7. The monoisotopic (exact) mass is 312 g/mol. The number of carbonyl (C=O) groups excluding carboxylic acids is 1. The lowest BCUT2D eigenvalue weighted by molar-refractivity contribution is -0.117. The molecule has 1 fully saturated rings. The molecular formula is C17H13ClN2O2. The normalized spacial score (nSPS) is 14.5. The van der Waals surface area contributed by atoms with Crippen molar-refractivity contribution in [3.05, 3.63) is 52.8 Å². The first kappa shape index (κ1) is 14.4. The second-order valence-electron chi connectivity index (χ2n) is 5.13. The number of rotatable bonds is 4. The minimum atomic E-state index is -0.352. The average molecular weight is 313 g/mol. The molecule has 110 valence electrons. The van der Waals surface area contributed by atoms with E-state index >= 15 is 0 Å². The van der Waals surface area contributed by atoms with Crippen molar-refractivity contribution in [2.75, 3.05) is 0 Å². The van der Waals surface area contributed by atoms with Crippen molar-refractivity contribution in [2.45, 2.75) is 18.9 Å². The standard InChI is InChI=1S/C17H13ClN2O2/c18-13-3-1-11(2-4-13)16-8-7-15(22-16)9-12(10-19)17(21)20-14-5-6-14/h1-4,7-9,14H,5-6H2,(H,20,21)/b12-9+. The minimum Gasteiger partial charge on any atom is -0.457 e. The van der Waals surface area contributed by atoms with Crippen molar-refractivity contribution in [3.8, 4) is 17.4 Å². The first-order valence-corrected chi connectivity index (χ1v) is 7.32. The smallest absolute Gasteiger partial charge is 0.262 e. The Kier molecular flexibility index (Phi) is 3.99. The number of nitrogens with zero attached hydrogens (tertiary/aromatic N) is 1. The minimum absolute atomic E-state index is 0.0453. The van der Waals surface area contributed by atoms with Gasteiger partial charge in [-0.05, 0) is 49.2 Å². The second-order valence-corrected chi connectivity index (χ2v) is 5.56. The number of amides is 1. The van der Waals surface area contributed by atoms with Gasteiger partial charge in [0.1, 0.15) is 23.2 Å². The molecule has 1 aromatic heterocycles. The molecule has 2 aromatic rings. The summed E-state index contributed by atoms with van der Waals surface area (Å²) in [6.07, 6.45) is 3.41. The molecule has 1 aliphatic carbocycles. The Morgan fingerprint density at radius 2 is 2.00 bits per heavy atom. The van der Waals surface area contributed by atoms with Crippen LogP contribution in [0.2, 0.25) is 5.02 Å². The van der Waals surface area contributed by atoms with Crippen LogP contribution in [0.5, 0.6) is 0 Å². The van der Waals surface area contributed by atoms with E-state index in [0.717, 1.165) is 18.4 Å². The van der Waals surface area contributed by atoms with Gasteiger partial charge in [0.2, 0.25) is 0 Å². The Balaban J connectivity index is 1.80. The van der Waals surface area contributed by atoms with Gasteiger partial charge in [-0.25, -0.2) is 0 Å². The molecule has 0 unspecified atom stereocenters. The Morgan fingerprint density at radius 1 is 1.27 bits per heavy atom. The number of hydrogen-bond donors (Lipinski definition) is 1. The van der Waals surface area contributed by atoms with Gasteiger partial charge in [0.25, 0.3) is 5.91 Å². The molecule has 0 atom stereocenters. The number of hydrogen-bond acceptors (Lipinski definition) is 3. The summed E-state index contributed by atoms with van der Waals surface area (Å²) in [5, 5.41) is 12.5. The molecule has 0 radical (unpaired) electrons. The summed E-state index contributed by atoms with van der Waals surface area (Å²) in [5.41, 5.74) is 0.925. The highest BCUT2D eigenvalue weighted by Crippen LogP contribution is 2.25. The third-order valence-corrected chi connectivity index (χ3v) is 3.57. The van der Waals surface area contributed by atoms with Crippen molar-refractivity contribution in [1.82, 2.24) is 5.32 Å². The van der Waals surface area contributed by atoms with E-state index in [1.54, 1.807) is 24.3 Å². The van der Waals surface area contributed by atoms with Crippen molar-refractivity contribution >= 4 is 23.6 Å². The van der Waals surface area contributed by atoms with Crippen LogP contribution in [-0.2, 0) is 4.79 Å². The van der Waals surface area contributed by atoms with Gasteiger partial charge in [-0.1, -0.05) is 11.6 Å². The van der Waals surface area contributed by atoms with Crippen LogP contribution < -0.4 is 5.32 Å². The summed E-state index contributed by atoms with van der Waals surface area (Å²) in [7, 11) is 0. The SMILES string of the molecule is N#C/C(=C\c1ccc(-c2ccc(Cl)cc2)o1)C(=O)NC1CC1. The Bertz CT molecular complexity index is 765. The molecule has 3 rings (SSSR count). The van der Waals surface area contributed by atoms with Gasteiger partial charge in [0.15, 0.2) is 0 Å². The molecule has 0 spiro atoms. The summed E-state index contributed by atoms with van der Waals surface area (Å²) in [4.78, 5) is 11.9. The Hall–Kier alpha value is -2.51. The molecule has 1 aromatic carbocycles. The molecule has 0 bridgehead atoms. The molecule has 0 saturated heterocycles. The molecule has 1 N–H and O–H groups in total. The molecule has 22 heavy (non-hydrogen) atoms. The molecule has 1 amide bonds. The maximum atomic E-state index is 11.9. The Morgan fingerprint density at radius 3 is 2.64 bits per heavy atom. The van der Waals surface area contributed by atoms with Crippen LogP contribution in [0.1, 0.15) is 18.6 Å². The predicted octanol–water partition coefficient (Wildman–Crippen LogP) is 3.79.